The average molecular weight is 213 g/mol. The molecule has 1 fully saturated rings. The van der Waals surface area contributed by atoms with E-state index in [0.29, 0.717) is 0 Å². The van der Waals surface area contributed by atoms with Crippen molar-refractivity contribution in [1.29, 1.82) is 0 Å². The van der Waals surface area contributed by atoms with Gasteiger partial charge >= 0.3 is 0 Å². The van der Waals surface area contributed by atoms with Crippen LogP contribution in [0.5, 0.6) is 0 Å². The maximum atomic E-state index is 4.10. The van der Waals surface area contributed by atoms with E-state index in [-0.39, 0.29) is 0 Å². The molecule has 0 aromatic carbocycles. The van der Waals surface area contributed by atoms with Crippen molar-refractivity contribution in [3.8, 4) is 0 Å². The minimum Gasteiger partial charge on any atom is -0.309 e. The topological polar surface area (TPSA) is 55.6 Å². The first-order valence-corrected chi connectivity index (χ1v) is 5.94. The highest BCUT2D eigenvalue weighted by Crippen LogP contribution is 2.25. The highest BCUT2D eigenvalue weighted by molar-refractivity contribution is 8.00. The second-order valence-corrected chi connectivity index (χ2v) is 4.87. The van der Waals surface area contributed by atoms with Gasteiger partial charge < -0.3 is 5.32 Å². The normalized spacial score (nSPS) is 21.6. The summed E-state index contributed by atoms with van der Waals surface area (Å²) in [4.78, 5) is 1.49. The molecule has 6 heteroatoms. The van der Waals surface area contributed by atoms with Crippen LogP contribution in [-0.2, 0) is 13.6 Å². The standard InChI is InChI=1S/C8H15N5S/c1-13-11-8(10-12-13)6-9-5-7-3-2-4-14-7/h7,9H,2-6H2,1H3. The molecule has 0 saturated carbocycles. The average Bonchev–Trinajstić information content (AvgIpc) is 2.77. The number of nitrogens with one attached hydrogen (secondary N) is 1. The lowest BCUT2D eigenvalue weighted by atomic mass is 10.2. The molecule has 2 heterocycles. The van der Waals surface area contributed by atoms with Crippen molar-refractivity contribution in [2.75, 3.05) is 12.3 Å². The van der Waals surface area contributed by atoms with Crippen LogP contribution in [0.1, 0.15) is 18.7 Å². The van der Waals surface area contributed by atoms with Crippen LogP contribution in [0.3, 0.4) is 0 Å². The third-order valence-electron chi connectivity index (χ3n) is 2.23. The molecule has 1 N–H and O–H groups in total. The molecule has 0 spiro atoms. The summed E-state index contributed by atoms with van der Waals surface area (Å²) >= 11 is 2.06. The minimum absolute atomic E-state index is 0.727. The molecule has 78 valence electrons. The Hall–Kier alpha value is -0.620. The molecule has 5 nitrogen and oxygen atoms in total. The molecular formula is C8H15N5S. The van der Waals surface area contributed by atoms with Crippen LogP contribution in [0.25, 0.3) is 0 Å². The lowest BCUT2D eigenvalue weighted by Gasteiger charge is -2.07. The van der Waals surface area contributed by atoms with E-state index in [1.165, 1.54) is 23.4 Å². The SMILES string of the molecule is Cn1nnc(CNCC2CCCS2)n1. The fraction of sp³-hybridized carbons (Fsp3) is 0.875. The summed E-state index contributed by atoms with van der Waals surface area (Å²) in [6.45, 7) is 1.79. The number of thioether (sulfide) groups is 1. The van der Waals surface area contributed by atoms with Gasteiger partial charge in [-0.2, -0.15) is 16.6 Å². The van der Waals surface area contributed by atoms with Gasteiger partial charge in [0.25, 0.3) is 0 Å². The number of rotatable bonds is 4. The van der Waals surface area contributed by atoms with Gasteiger partial charge in [-0.25, -0.2) is 0 Å². The lowest BCUT2D eigenvalue weighted by molar-refractivity contribution is 0.611. The molecule has 1 aliphatic heterocycles. The van der Waals surface area contributed by atoms with Crippen LogP contribution in [-0.4, -0.2) is 37.8 Å². The smallest absolute Gasteiger partial charge is 0.188 e. The second-order valence-electron chi connectivity index (χ2n) is 3.46. The monoisotopic (exact) mass is 213 g/mol. The van der Waals surface area contributed by atoms with Crippen molar-refractivity contribution in [2.24, 2.45) is 7.05 Å². The third-order valence-corrected chi connectivity index (χ3v) is 3.63. The van der Waals surface area contributed by atoms with Crippen molar-refractivity contribution in [3.63, 3.8) is 0 Å². The zero-order valence-electron chi connectivity index (χ0n) is 8.31. The highest BCUT2D eigenvalue weighted by Gasteiger charge is 2.14. The van der Waals surface area contributed by atoms with E-state index in [2.05, 4.69) is 32.5 Å². The van der Waals surface area contributed by atoms with Crippen LogP contribution in [0.4, 0.5) is 0 Å². The minimum atomic E-state index is 0.727. The molecule has 14 heavy (non-hydrogen) atoms. The summed E-state index contributed by atoms with van der Waals surface area (Å²) in [5, 5.41) is 15.9. The first-order valence-electron chi connectivity index (χ1n) is 4.90. The fourth-order valence-electron chi connectivity index (χ4n) is 1.54. The van der Waals surface area contributed by atoms with Gasteiger partial charge in [-0.3, -0.25) is 0 Å². The van der Waals surface area contributed by atoms with Crippen LogP contribution in [0.2, 0.25) is 0 Å². The molecule has 0 radical (unpaired) electrons. The summed E-state index contributed by atoms with van der Waals surface area (Å²) in [5.74, 6) is 2.09. The van der Waals surface area contributed by atoms with Gasteiger partial charge in [0.15, 0.2) is 5.82 Å². The van der Waals surface area contributed by atoms with E-state index < -0.39 is 0 Å². The molecule has 1 aromatic rings. The van der Waals surface area contributed by atoms with E-state index in [9.17, 15) is 0 Å². The summed E-state index contributed by atoms with van der Waals surface area (Å²) < 4.78 is 0. The van der Waals surface area contributed by atoms with Gasteiger partial charge in [-0.05, 0) is 23.8 Å². The number of tetrazole rings is 1. The molecule has 1 aliphatic rings. The highest BCUT2D eigenvalue weighted by atomic mass is 32.2. The summed E-state index contributed by atoms with van der Waals surface area (Å²) in [5.41, 5.74) is 0. The quantitative estimate of drug-likeness (QED) is 0.774. The molecule has 0 aliphatic carbocycles. The molecule has 1 aromatic heterocycles. The molecule has 1 unspecified atom stereocenters. The van der Waals surface area contributed by atoms with E-state index in [4.69, 9.17) is 0 Å². The Labute approximate surface area is 87.6 Å². The Morgan fingerprint density at radius 3 is 3.21 bits per heavy atom. The van der Waals surface area contributed by atoms with Crippen molar-refractivity contribution in [2.45, 2.75) is 24.6 Å². The van der Waals surface area contributed by atoms with Crippen LogP contribution >= 0.6 is 11.8 Å². The fourth-order valence-corrected chi connectivity index (χ4v) is 2.78. The molecule has 1 atom stereocenters. The van der Waals surface area contributed by atoms with Crippen molar-refractivity contribution >= 4 is 11.8 Å². The zero-order chi connectivity index (χ0) is 9.80. The maximum absolute atomic E-state index is 4.10. The van der Waals surface area contributed by atoms with Crippen molar-refractivity contribution in [1.82, 2.24) is 25.5 Å². The predicted molar refractivity (Wildman–Crippen MR) is 56.0 cm³/mol. The number of hydrogen-bond acceptors (Lipinski definition) is 5. The Morgan fingerprint density at radius 1 is 1.64 bits per heavy atom. The Bertz CT molecular complexity index is 281. The molecule has 0 bridgehead atoms. The Kier molecular flexibility index (Phi) is 3.36. The van der Waals surface area contributed by atoms with E-state index in [0.717, 1.165) is 24.2 Å². The van der Waals surface area contributed by atoms with Crippen molar-refractivity contribution in [3.05, 3.63) is 5.82 Å². The predicted octanol–water partition coefficient (Wildman–Crippen LogP) is 0.195. The Morgan fingerprint density at radius 2 is 2.57 bits per heavy atom. The van der Waals surface area contributed by atoms with Gasteiger partial charge in [0.2, 0.25) is 0 Å². The molecule has 2 rings (SSSR count). The van der Waals surface area contributed by atoms with E-state index >= 15 is 0 Å². The molecule has 0 amide bonds. The van der Waals surface area contributed by atoms with Crippen molar-refractivity contribution < 1.29 is 0 Å². The first kappa shape index (κ1) is 9.92. The van der Waals surface area contributed by atoms with Gasteiger partial charge in [0, 0.05) is 11.8 Å². The maximum Gasteiger partial charge on any atom is 0.188 e. The summed E-state index contributed by atoms with van der Waals surface area (Å²) in [6, 6.07) is 0. The summed E-state index contributed by atoms with van der Waals surface area (Å²) in [6.07, 6.45) is 2.70. The van der Waals surface area contributed by atoms with Crippen LogP contribution in [0.15, 0.2) is 0 Å². The number of nitrogens with zero attached hydrogens (tertiary/aromatic N) is 4. The number of aryl methyl sites for hydroxylation is 1. The molecular weight excluding hydrogens is 198 g/mol. The lowest BCUT2D eigenvalue weighted by Crippen LogP contribution is -2.23. The second kappa shape index (κ2) is 4.75. The first-order chi connectivity index (χ1) is 6.84. The Balaban J connectivity index is 1.67. The van der Waals surface area contributed by atoms with E-state index in [1.54, 1.807) is 7.05 Å². The van der Waals surface area contributed by atoms with E-state index in [1.807, 2.05) is 0 Å². The largest absolute Gasteiger partial charge is 0.309 e. The molecule has 1 saturated heterocycles. The summed E-state index contributed by atoms with van der Waals surface area (Å²) in [7, 11) is 1.78. The zero-order valence-corrected chi connectivity index (χ0v) is 9.13. The van der Waals surface area contributed by atoms with Gasteiger partial charge in [0.05, 0.1) is 13.6 Å². The number of hydrogen-bond donors (Lipinski definition) is 1. The van der Waals surface area contributed by atoms with Gasteiger partial charge in [-0.15, -0.1) is 10.2 Å². The van der Waals surface area contributed by atoms with Crippen LogP contribution in [0, 0.1) is 0 Å². The van der Waals surface area contributed by atoms with Gasteiger partial charge in [0.1, 0.15) is 0 Å². The third kappa shape index (κ3) is 2.68. The van der Waals surface area contributed by atoms with Gasteiger partial charge in [-0.1, -0.05) is 0 Å². The number of aromatic nitrogens is 4. The van der Waals surface area contributed by atoms with Crippen LogP contribution < -0.4 is 5.32 Å².